The third-order valence-electron chi connectivity index (χ3n) is 4.44. The number of hydrazone groups is 1. The summed E-state index contributed by atoms with van der Waals surface area (Å²) in [7, 11) is -3.93. The van der Waals surface area contributed by atoms with E-state index in [1.54, 1.807) is 43.3 Å². The number of hydrogen-bond acceptors (Lipinski definition) is 5. The number of aryl methyl sites for hydroxylation is 2. The Morgan fingerprint density at radius 2 is 1.60 bits per heavy atom. The molecule has 1 amide bonds. The molecule has 2 aromatic carbocycles. The van der Waals surface area contributed by atoms with Gasteiger partial charge in [-0.3, -0.25) is 9.10 Å². The summed E-state index contributed by atoms with van der Waals surface area (Å²) in [5.74, 6) is -0.526. The summed E-state index contributed by atoms with van der Waals surface area (Å²) in [6.45, 7) is 5.19. The first-order valence-corrected chi connectivity index (χ1v) is 11.6. The minimum atomic E-state index is -3.93. The van der Waals surface area contributed by atoms with Crippen LogP contribution in [0.5, 0.6) is 0 Å². The van der Waals surface area contributed by atoms with E-state index in [1.165, 1.54) is 11.3 Å². The number of thiophene rings is 1. The molecule has 1 heterocycles. The number of carbonyl (C=O) groups excluding carboxylic acids is 1. The van der Waals surface area contributed by atoms with E-state index in [0.29, 0.717) is 11.4 Å². The fourth-order valence-electron chi connectivity index (χ4n) is 2.72. The second-order valence-corrected chi connectivity index (χ2v) is 9.68. The van der Waals surface area contributed by atoms with Crippen LogP contribution < -0.4 is 9.73 Å². The first-order valence-electron chi connectivity index (χ1n) is 9.30. The minimum absolute atomic E-state index is 0.125. The lowest BCUT2D eigenvalue weighted by Gasteiger charge is -2.24. The monoisotopic (exact) mass is 441 g/mol. The van der Waals surface area contributed by atoms with Crippen molar-refractivity contribution in [3.8, 4) is 0 Å². The molecule has 0 saturated carbocycles. The van der Waals surface area contributed by atoms with Gasteiger partial charge in [0, 0.05) is 4.88 Å². The first-order chi connectivity index (χ1) is 14.3. The molecule has 0 spiro atoms. The van der Waals surface area contributed by atoms with Gasteiger partial charge in [-0.2, -0.15) is 5.10 Å². The van der Waals surface area contributed by atoms with Crippen LogP contribution in [-0.2, 0) is 14.8 Å². The molecule has 0 aliphatic heterocycles. The average molecular weight is 442 g/mol. The van der Waals surface area contributed by atoms with Crippen molar-refractivity contribution >= 4 is 38.7 Å². The Hall–Kier alpha value is -2.97. The number of amides is 1. The molecular weight excluding hydrogens is 418 g/mol. The Labute approximate surface area is 180 Å². The SMILES string of the molecule is C/C(=N/NC(=O)CN(c1ccc(C)cc1)S(=O)(=O)c1ccc(C)cc1)c1cccs1. The smallest absolute Gasteiger partial charge is 0.264 e. The van der Waals surface area contributed by atoms with Crippen molar-refractivity contribution in [1.82, 2.24) is 5.43 Å². The molecule has 0 fully saturated rings. The largest absolute Gasteiger partial charge is 0.271 e. The van der Waals surface area contributed by atoms with Crippen LogP contribution in [0.1, 0.15) is 22.9 Å². The van der Waals surface area contributed by atoms with E-state index < -0.39 is 15.9 Å². The predicted molar refractivity (Wildman–Crippen MR) is 122 cm³/mol. The molecule has 156 valence electrons. The molecule has 30 heavy (non-hydrogen) atoms. The number of anilines is 1. The van der Waals surface area contributed by atoms with Crippen molar-refractivity contribution < 1.29 is 13.2 Å². The van der Waals surface area contributed by atoms with Gasteiger partial charge in [0.15, 0.2) is 0 Å². The first kappa shape index (κ1) is 21.7. The quantitative estimate of drug-likeness (QED) is 0.443. The van der Waals surface area contributed by atoms with Gasteiger partial charge >= 0.3 is 0 Å². The lowest BCUT2D eigenvalue weighted by Crippen LogP contribution is -2.39. The van der Waals surface area contributed by atoms with Gasteiger partial charge in [0.25, 0.3) is 15.9 Å². The lowest BCUT2D eigenvalue weighted by molar-refractivity contribution is -0.119. The molecule has 3 rings (SSSR count). The van der Waals surface area contributed by atoms with E-state index in [0.717, 1.165) is 20.3 Å². The lowest BCUT2D eigenvalue weighted by atomic mass is 10.2. The number of nitrogens with zero attached hydrogens (tertiary/aromatic N) is 2. The molecule has 0 atom stereocenters. The number of carbonyl (C=O) groups is 1. The number of hydrogen-bond donors (Lipinski definition) is 1. The summed E-state index contributed by atoms with van der Waals surface area (Å²) in [5.41, 5.74) is 5.47. The van der Waals surface area contributed by atoms with Crippen LogP contribution in [0.25, 0.3) is 0 Å². The highest BCUT2D eigenvalue weighted by atomic mass is 32.2. The van der Waals surface area contributed by atoms with E-state index in [9.17, 15) is 13.2 Å². The molecule has 0 aliphatic carbocycles. The van der Waals surface area contributed by atoms with Crippen molar-refractivity contribution in [2.24, 2.45) is 5.10 Å². The van der Waals surface area contributed by atoms with Crippen LogP contribution in [0.3, 0.4) is 0 Å². The van der Waals surface area contributed by atoms with Gasteiger partial charge in [0.05, 0.1) is 16.3 Å². The zero-order chi connectivity index (χ0) is 21.7. The van der Waals surface area contributed by atoms with Gasteiger partial charge < -0.3 is 0 Å². The maximum Gasteiger partial charge on any atom is 0.264 e. The Morgan fingerprint density at radius 1 is 1.00 bits per heavy atom. The summed E-state index contributed by atoms with van der Waals surface area (Å²) in [5, 5.41) is 6.02. The van der Waals surface area contributed by atoms with Gasteiger partial charge in [0.2, 0.25) is 0 Å². The standard InChI is InChI=1S/C22H23N3O3S2/c1-16-6-10-19(11-7-16)25(30(27,28)20-12-8-17(2)9-13-20)15-22(26)24-23-18(3)21-5-4-14-29-21/h4-14H,15H2,1-3H3,(H,24,26)/b23-18-. The molecule has 8 heteroatoms. The molecule has 3 aromatic rings. The summed E-state index contributed by atoms with van der Waals surface area (Å²) in [6, 6.07) is 17.3. The highest BCUT2D eigenvalue weighted by molar-refractivity contribution is 7.92. The maximum atomic E-state index is 13.3. The van der Waals surface area contributed by atoms with E-state index in [1.807, 2.05) is 43.5 Å². The molecule has 0 radical (unpaired) electrons. The Balaban J connectivity index is 1.88. The summed E-state index contributed by atoms with van der Waals surface area (Å²) >= 11 is 1.51. The molecule has 1 aromatic heterocycles. The normalized spacial score (nSPS) is 11.9. The Bertz CT molecular complexity index is 1140. The van der Waals surface area contributed by atoms with Gasteiger partial charge in [-0.05, 0) is 56.5 Å². The molecule has 0 aliphatic rings. The zero-order valence-electron chi connectivity index (χ0n) is 17.0. The van der Waals surface area contributed by atoms with Crippen LogP contribution in [0.15, 0.2) is 76.0 Å². The van der Waals surface area contributed by atoms with Crippen molar-refractivity contribution in [2.75, 3.05) is 10.8 Å². The number of benzene rings is 2. The van der Waals surface area contributed by atoms with Gasteiger partial charge in [0.1, 0.15) is 6.54 Å². The van der Waals surface area contributed by atoms with Crippen LogP contribution in [0.4, 0.5) is 5.69 Å². The average Bonchev–Trinajstić information content (AvgIpc) is 3.26. The third-order valence-corrected chi connectivity index (χ3v) is 7.21. The number of sulfonamides is 1. The van der Waals surface area contributed by atoms with Crippen LogP contribution in [0, 0.1) is 13.8 Å². The maximum absolute atomic E-state index is 13.3. The van der Waals surface area contributed by atoms with Gasteiger partial charge in [-0.15, -0.1) is 11.3 Å². The molecule has 0 bridgehead atoms. The Kier molecular flexibility index (Phi) is 6.69. The fraction of sp³-hybridized carbons (Fsp3) is 0.182. The predicted octanol–water partition coefficient (Wildman–Crippen LogP) is 4.10. The van der Waals surface area contributed by atoms with Gasteiger partial charge in [-0.25, -0.2) is 13.8 Å². The van der Waals surface area contributed by atoms with Crippen molar-refractivity contribution in [3.63, 3.8) is 0 Å². The van der Waals surface area contributed by atoms with E-state index >= 15 is 0 Å². The van der Waals surface area contributed by atoms with Crippen molar-refractivity contribution in [2.45, 2.75) is 25.7 Å². The van der Waals surface area contributed by atoms with E-state index in [2.05, 4.69) is 10.5 Å². The van der Waals surface area contributed by atoms with Crippen molar-refractivity contribution in [1.29, 1.82) is 0 Å². The molecule has 6 nitrogen and oxygen atoms in total. The molecule has 0 saturated heterocycles. The molecular formula is C22H23N3O3S2. The second kappa shape index (κ2) is 9.23. The zero-order valence-corrected chi connectivity index (χ0v) is 18.6. The Morgan fingerprint density at radius 3 is 2.17 bits per heavy atom. The number of nitrogens with one attached hydrogen (secondary N) is 1. The summed E-state index contributed by atoms with van der Waals surface area (Å²) in [4.78, 5) is 13.6. The molecule has 0 unspecified atom stereocenters. The highest BCUT2D eigenvalue weighted by Crippen LogP contribution is 2.24. The fourth-order valence-corrected chi connectivity index (χ4v) is 4.81. The minimum Gasteiger partial charge on any atom is -0.271 e. The van der Waals surface area contributed by atoms with Crippen LogP contribution in [0.2, 0.25) is 0 Å². The van der Waals surface area contributed by atoms with Crippen LogP contribution in [-0.4, -0.2) is 26.6 Å². The third kappa shape index (κ3) is 5.14. The van der Waals surface area contributed by atoms with Crippen LogP contribution >= 0.6 is 11.3 Å². The van der Waals surface area contributed by atoms with Crippen molar-refractivity contribution in [3.05, 3.63) is 82.0 Å². The summed E-state index contributed by atoms with van der Waals surface area (Å²) < 4.78 is 27.7. The van der Waals surface area contributed by atoms with E-state index in [-0.39, 0.29) is 11.4 Å². The number of rotatable bonds is 7. The summed E-state index contributed by atoms with van der Waals surface area (Å²) in [6.07, 6.45) is 0. The molecule has 1 N–H and O–H groups in total. The van der Waals surface area contributed by atoms with E-state index in [4.69, 9.17) is 0 Å². The van der Waals surface area contributed by atoms with Gasteiger partial charge in [-0.1, -0.05) is 41.5 Å². The highest BCUT2D eigenvalue weighted by Gasteiger charge is 2.27. The second-order valence-electron chi connectivity index (χ2n) is 6.87. The topological polar surface area (TPSA) is 78.8 Å².